The fraction of sp³-hybridized carbons (Fsp3) is 0.650. The number of benzene rings is 1. The molecule has 0 aliphatic carbocycles. The molecule has 1 aromatic rings. The van der Waals surface area contributed by atoms with Crippen LogP contribution < -0.4 is 0 Å². The molecule has 1 aromatic carbocycles. The number of likely N-dealkylation sites (tertiary alicyclic amines) is 2. The number of methoxy groups -OCH3 is 1. The molecule has 0 aromatic heterocycles. The first-order valence-corrected chi connectivity index (χ1v) is 8.92. The standard InChI is InChI=1S/C20H30N2O2/c1-19(2)13-21(11-10-17(19)24-4)14-20(3)15-22(18(20)23)12-16-8-6-5-7-9-16/h5-9,17H,10-15H2,1-4H3. The highest BCUT2D eigenvalue weighted by Crippen LogP contribution is 2.37. The van der Waals surface area contributed by atoms with Crippen LogP contribution in [0.15, 0.2) is 30.3 Å². The summed E-state index contributed by atoms with van der Waals surface area (Å²) >= 11 is 0. The van der Waals surface area contributed by atoms with Gasteiger partial charge in [-0.25, -0.2) is 0 Å². The number of nitrogens with zero attached hydrogens (tertiary/aromatic N) is 2. The van der Waals surface area contributed by atoms with E-state index in [1.807, 2.05) is 23.1 Å². The molecule has 0 N–H and O–H groups in total. The van der Waals surface area contributed by atoms with Gasteiger partial charge in [0, 0.05) is 45.2 Å². The molecule has 132 valence electrons. The molecule has 0 saturated carbocycles. The summed E-state index contributed by atoms with van der Waals surface area (Å²) in [6, 6.07) is 10.2. The van der Waals surface area contributed by atoms with Gasteiger partial charge in [0.05, 0.1) is 11.5 Å². The normalized spacial score (nSPS) is 30.2. The zero-order valence-corrected chi connectivity index (χ0v) is 15.4. The molecule has 1 amide bonds. The third-order valence-electron chi connectivity index (χ3n) is 5.63. The first-order valence-electron chi connectivity index (χ1n) is 8.92. The van der Waals surface area contributed by atoms with Gasteiger partial charge in [0.25, 0.3) is 0 Å². The number of carbonyl (C=O) groups is 1. The average molecular weight is 330 g/mol. The molecule has 2 atom stereocenters. The van der Waals surface area contributed by atoms with Crippen LogP contribution in [0.1, 0.15) is 32.8 Å². The van der Waals surface area contributed by atoms with Crippen molar-refractivity contribution in [3.8, 4) is 0 Å². The predicted octanol–water partition coefficient (Wildman–Crippen LogP) is 2.78. The first-order chi connectivity index (χ1) is 11.3. The van der Waals surface area contributed by atoms with Crippen LogP contribution in [-0.2, 0) is 16.1 Å². The molecule has 2 aliphatic rings. The Bertz CT molecular complexity index is 587. The molecule has 4 nitrogen and oxygen atoms in total. The number of ether oxygens (including phenoxy) is 1. The van der Waals surface area contributed by atoms with E-state index in [1.165, 1.54) is 5.56 Å². The topological polar surface area (TPSA) is 32.8 Å². The number of carbonyl (C=O) groups excluding carboxylic acids is 1. The lowest BCUT2D eigenvalue weighted by Gasteiger charge is -2.51. The molecule has 24 heavy (non-hydrogen) atoms. The number of hydrogen-bond acceptors (Lipinski definition) is 3. The second-order valence-electron chi connectivity index (χ2n) is 8.42. The molecule has 2 fully saturated rings. The van der Waals surface area contributed by atoms with E-state index in [0.717, 1.165) is 39.1 Å². The monoisotopic (exact) mass is 330 g/mol. The number of hydrogen-bond donors (Lipinski definition) is 0. The maximum atomic E-state index is 12.7. The lowest BCUT2D eigenvalue weighted by atomic mass is 9.76. The summed E-state index contributed by atoms with van der Waals surface area (Å²) in [6.07, 6.45) is 1.36. The van der Waals surface area contributed by atoms with Crippen LogP contribution in [0, 0.1) is 10.8 Å². The number of β-lactam (4-membered cyclic amide) rings is 1. The van der Waals surface area contributed by atoms with E-state index in [0.29, 0.717) is 6.10 Å². The van der Waals surface area contributed by atoms with Gasteiger partial charge in [0.1, 0.15) is 0 Å². The van der Waals surface area contributed by atoms with Crippen molar-refractivity contribution in [3.63, 3.8) is 0 Å². The fourth-order valence-electron chi connectivity index (χ4n) is 4.41. The van der Waals surface area contributed by atoms with Crippen LogP contribution in [0.4, 0.5) is 0 Å². The van der Waals surface area contributed by atoms with Crippen molar-refractivity contribution in [1.29, 1.82) is 0 Å². The average Bonchev–Trinajstić information content (AvgIpc) is 2.54. The lowest BCUT2D eigenvalue weighted by Crippen LogP contribution is -2.64. The highest BCUT2D eigenvalue weighted by Gasteiger charge is 2.50. The second-order valence-corrected chi connectivity index (χ2v) is 8.42. The maximum Gasteiger partial charge on any atom is 0.231 e. The van der Waals surface area contributed by atoms with Crippen LogP contribution in [0.25, 0.3) is 0 Å². The Morgan fingerprint density at radius 1 is 1.17 bits per heavy atom. The largest absolute Gasteiger partial charge is 0.381 e. The Labute approximate surface area is 145 Å². The third kappa shape index (κ3) is 3.35. The maximum absolute atomic E-state index is 12.7. The van der Waals surface area contributed by atoms with Crippen molar-refractivity contribution in [3.05, 3.63) is 35.9 Å². The Kier molecular flexibility index (Phi) is 4.71. The van der Waals surface area contributed by atoms with Crippen molar-refractivity contribution in [1.82, 2.24) is 9.80 Å². The molecule has 2 aliphatic heterocycles. The molecule has 0 bridgehead atoms. The van der Waals surface area contributed by atoms with E-state index in [-0.39, 0.29) is 16.7 Å². The quantitative estimate of drug-likeness (QED) is 0.778. The summed E-state index contributed by atoms with van der Waals surface area (Å²) in [5.74, 6) is 0.290. The van der Waals surface area contributed by atoms with Crippen molar-refractivity contribution in [2.24, 2.45) is 10.8 Å². The lowest BCUT2D eigenvalue weighted by molar-refractivity contribution is -0.163. The summed E-state index contributed by atoms with van der Waals surface area (Å²) in [6.45, 7) is 11.1. The van der Waals surface area contributed by atoms with Crippen LogP contribution in [0.5, 0.6) is 0 Å². The number of rotatable bonds is 5. The number of piperidine rings is 1. The highest BCUT2D eigenvalue weighted by atomic mass is 16.5. The van der Waals surface area contributed by atoms with Crippen molar-refractivity contribution in [2.75, 3.05) is 33.3 Å². The Balaban J connectivity index is 1.56. The van der Waals surface area contributed by atoms with E-state index in [1.54, 1.807) is 7.11 Å². The van der Waals surface area contributed by atoms with Gasteiger partial charge in [-0.3, -0.25) is 4.79 Å². The minimum atomic E-state index is -0.231. The highest BCUT2D eigenvalue weighted by molar-refractivity contribution is 5.88. The SMILES string of the molecule is COC1CCN(CC2(C)CN(Cc3ccccc3)C2=O)CC1(C)C. The Morgan fingerprint density at radius 2 is 1.88 bits per heavy atom. The van der Waals surface area contributed by atoms with Crippen molar-refractivity contribution < 1.29 is 9.53 Å². The molecule has 0 radical (unpaired) electrons. The fourth-order valence-corrected chi connectivity index (χ4v) is 4.41. The zero-order valence-electron chi connectivity index (χ0n) is 15.4. The second kappa shape index (κ2) is 6.49. The van der Waals surface area contributed by atoms with Gasteiger partial charge in [-0.15, -0.1) is 0 Å². The van der Waals surface area contributed by atoms with Gasteiger partial charge in [-0.2, -0.15) is 0 Å². The minimum absolute atomic E-state index is 0.139. The summed E-state index contributed by atoms with van der Waals surface area (Å²) < 4.78 is 5.63. The number of amides is 1. The van der Waals surface area contributed by atoms with Gasteiger partial charge in [-0.05, 0) is 18.9 Å². The molecular weight excluding hydrogens is 300 g/mol. The predicted molar refractivity (Wildman–Crippen MR) is 95.6 cm³/mol. The smallest absolute Gasteiger partial charge is 0.231 e. The van der Waals surface area contributed by atoms with Gasteiger partial charge < -0.3 is 14.5 Å². The van der Waals surface area contributed by atoms with Gasteiger partial charge in [-0.1, -0.05) is 44.2 Å². The zero-order chi connectivity index (χ0) is 17.4. The van der Waals surface area contributed by atoms with E-state index < -0.39 is 0 Å². The summed E-state index contributed by atoms with van der Waals surface area (Å²) in [5.41, 5.74) is 1.11. The van der Waals surface area contributed by atoms with Crippen LogP contribution in [0.2, 0.25) is 0 Å². The molecule has 2 saturated heterocycles. The van der Waals surface area contributed by atoms with Crippen LogP contribution in [-0.4, -0.2) is 55.1 Å². The van der Waals surface area contributed by atoms with E-state index in [2.05, 4.69) is 37.8 Å². The molecule has 2 unspecified atom stereocenters. The van der Waals surface area contributed by atoms with E-state index in [4.69, 9.17) is 4.74 Å². The van der Waals surface area contributed by atoms with E-state index >= 15 is 0 Å². The molecule has 3 rings (SSSR count). The van der Waals surface area contributed by atoms with Gasteiger partial charge >= 0.3 is 0 Å². The first kappa shape index (κ1) is 17.4. The van der Waals surface area contributed by atoms with Crippen molar-refractivity contribution >= 4 is 5.91 Å². The summed E-state index contributed by atoms with van der Waals surface area (Å²) in [4.78, 5) is 17.1. The van der Waals surface area contributed by atoms with Gasteiger partial charge in [0.2, 0.25) is 5.91 Å². The Hall–Kier alpha value is -1.39. The summed E-state index contributed by atoms with van der Waals surface area (Å²) in [5, 5.41) is 0. The molecule has 2 heterocycles. The van der Waals surface area contributed by atoms with Crippen LogP contribution in [0.3, 0.4) is 0 Å². The van der Waals surface area contributed by atoms with Crippen molar-refractivity contribution in [2.45, 2.75) is 39.8 Å². The summed E-state index contributed by atoms with van der Waals surface area (Å²) in [7, 11) is 1.81. The molecular formula is C20H30N2O2. The minimum Gasteiger partial charge on any atom is -0.381 e. The third-order valence-corrected chi connectivity index (χ3v) is 5.63. The molecule has 0 spiro atoms. The van der Waals surface area contributed by atoms with Gasteiger partial charge in [0.15, 0.2) is 0 Å². The molecule has 4 heteroatoms. The van der Waals surface area contributed by atoms with Crippen LogP contribution >= 0.6 is 0 Å². The Morgan fingerprint density at radius 3 is 2.46 bits per heavy atom. The van der Waals surface area contributed by atoms with E-state index in [9.17, 15) is 4.79 Å².